The fourth-order valence-corrected chi connectivity index (χ4v) is 4.84. The molecule has 0 spiro atoms. The molecule has 4 aliphatic rings. The van der Waals surface area contributed by atoms with Crippen molar-refractivity contribution in [2.75, 3.05) is 13.1 Å². The van der Waals surface area contributed by atoms with Gasteiger partial charge in [0.2, 0.25) is 5.91 Å². The summed E-state index contributed by atoms with van der Waals surface area (Å²) in [5.74, 6) is 2.59. The Balaban J connectivity index is 1.64. The highest BCUT2D eigenvalue weighted by atomic mass is 16.2. The summed E-state index contributed by atoms with van der Waals surface area (Å²) in [6.07, 6.45) is 7.33. The number of hydrogen-bond donors (Lipinski definition) is 1. The van der Waals surface area contributed by atoms with Crippen LogP contribution in [0.2, 0.25) is 0 Å². The standard InChI is InChI=1S/C13H20N4O/c14-17-16-2-1-15-12(18)13-6-9-3-10(7-13)5-11(4-9)8-13/h9-11H,1-8H2,(H,15,18). The highest BCUT2D eigenvalue weighted by Gasteiger charge is 2.54. The molecule has 4 bridgehead atoms. The summed E-state index contributed by atoms with van der Waals surface area (Å²) in [4.78, 5) is 15.1. The van der Waals surface area contributed by atoms with E-state index in [9.17, 15) is 4.79 Å². The molecule has 0 heterocycles. The normalized spacial score (nSPS) is 40.3. The average molecular weight is 248 g/mol. The largest absolute Gasteiger partial charge is 0.355 e. The van der Waals surface area contributed by atoms with Crippen molar-refractivity contribution in [3.63, 3.8) is 0 Å². The van der Waals surface area contributed by atoms with E-state index in [1.165, 1.54) is 19.3 Å². The van der Waals surface area contributed by atoms with Crippen LogP contribution in [-0.4, -0.2) is 19.0 Å². The Hall–Kier alpha value is -1.22. The van der Waals surface area contributed by atoms with Gasteiger partial charge in [-0.3, -0.25) is 4.79 Å². The van der Waals surface area contributed by atoms with Gasteiger partial charge in [-0.2, -0.15) is 0 Å². The van der Waals surface area contributed by atoms with Crippen LogP contribution in [0.1, 0.15) is 38.5 Å². The number of carbonyl (C=O) groups excluding carboxylic acids is 1. The van der Waals surface area contributed by atoms with E-state index < -0.39 is 0 Å². The predicted molar refractivity (Wildman–Crippen MR) is 67.6 cm³/mol. The van der Waals surface area contributed by atoms with Crippen LogP contribution in [0.3, 0.4) is 0 Å². The molecule has 1 N–H and O–H groups in total. The number of carbonyl (C=O) groups is 1. The van der Waals surface area contributed by atoms with Crippen LogP contribution in [0.5, 0.6) is 0 Å². The van der Waals surface area contributed by atoms with E-state index >= 15 is 0 Å². The molecule has 18 heavy (non-hydrogen) atoms. The van der Waals surface area contributed by atoms with E-state index in [2.05, 4.69) is 15.3 Å². The Labute approximate surface area is 107 Å². The summed E-state index contributed by atoms with van der Waals surface area (Å²) < 4.78 is 0. The molecule has 4 saturated carbocycles. The van der Waals surface area contributed by atoms with Crippen molar-refractivity contribution in [1.82, 2.24) is 5.32 Å². The van der Waals surface area contributed by atoms with Crippen molar-refractivity contribution >= 4 is 5.91 Å². The smallest absolute Gasteiger partial charge is 0.226 e. The van der Waals surface area contributed by atoms with Crippen molar-refractivity contribution in [1.29, 1.82) is 0 Å². The molecule has 0 saturated heterocycles. The van der Waals surface area contributed by atoms with Crippen LogP contribution < -0.4 is 5.32 Å². The first-order chi connectivity index (χ1) is 8.72. The van der Waals surface area contributed by atoms with Gasteiger partial charge in [-0.15, -0.1) is 0 Å². The molecule has 4 fully saturated rings. The number of nitrogens with one attached hydrogen (secondary N) is 1. The fraction of sp³-hybridized carbons (Fsp3) is 0.923. The highest BCUT2D eigenvalue weighted by molar-refractivity contribution is 5.83. The van der Waals surface area contributed by atoms with E-state index in [0.29, 0.717) is 13.1 Å². The van der Waals surface area contributed by atoms with Gasteiger partial charge in [0, 0.05) is 23.4 Å². The van der Waals surface area contributed by atoms with Gasteiger partial charge in [-0.25, -0.2) is 0 Å². The Morgan fingerprint density at radius 2 is 1.78 bits per heavy atom. The lowest BCUT2D eigenvalue weighted by Crippen LogP contribution is -2.53. The molecule has 0 radical (unpaired) electrons. The molecular weight excluding hydrogens is 228 g/mol. The van der Waals surface area contributed by atoms with Gasteiger partial charge in [0.15, 0.2) is 0 Å². The van der Waals surface area contributed by atoms with Crippen LogP contribution in [0.15, 0.2) is 5.11 Å². The van der Waals surface area contributed by atoms with Gasteiger partial charge in [-0.05, 0) is 61.8 Å². The second kappa shape index (κ2) is 4.47. The lowest BCUT2D eigenvalue weighted by atomic mass is 9.49. The van der Waals surface area contributed by atoms with Crippen LogP contribution in [0.4, 0.5) is 0 Å². The van der Waals surface area contributed by atoms with Crippen LogP contribution in [0.25, 0.3) is 10.4 Å². The van der Waals surface area contributed by atoms with Gasteiger partial charge in [0.25, 0.3) is 0 Å². The Kier molecular flexibility index (Phi) is 2.94. The van der Waals surface area contributed by atoms with Crippen LogP contribution >= 0.6 is 0 Å². The average Bonchev–Trinajstić information content (AvgIpc) is 2.32. The first-order valence-electron chi connectivity index (χ1n) is 7.01. The minimum atomic E-state index is -0.0783. The maximum Gasteiger partial charge on any atom is 0.226 e. The molecule has 0 aromatic rings. The molecule has 5 heteroatoms. The number of rotatable bonds is 4. The van der Waals surface area contributed by atoms with Gasteiger partial charge in [-0.1, -0.05) is 5.11 Å². The van der Waals surface area contributed by atoms with E-state index in [0.717, 1.165) is 37.0 Å². The monoisotopic (exact) mass is 248 g/mol. The number of amides is 1. The molecule has 0 aromatic heterocycles. The fourth-order valence-electron chi connectivity index (χ4n) is 4.84. The van der Waals surface area contributed by atoms with Crippen LogP contribution in [-0.2, 0) is 4.79 Å². The zero-order chi connectivity index (χ0) is 12.6. The highest BCUT2D eigenvalue weighted by Crippen LogP contribution is 2.60. The number of nitrogens with zero attached hydrogens (tertiary/aromatic N) is 3. The van der Waals surface area contributed by atoms with Crippen molar-refractivity contribution < 1.29 is 4.79 Å². The van der Waals surface area contributed by atoms with Gasteiger partial charge in [0.1, 0.15) is 0 Å². The first kappa shape index (κ1) is 11.8. The van der Waals surface area contributed by atoms with Gasteiger partial charge < -0.3 is 5.32 Å². The molecule has 0 aromatic carbocycles. The Morgan fingerprint density at radius 1 is 1.22 bits per heavy atom. The van der Waals surface area contributed by atoms with E-state index in [1.807, 2.05) is 0 Å². The topological polar surface area (TPSA) is 77.9 Å². The molecule has 0 atom stereocenters. The summed E-state index contributed by atoms with van der Waals surface area (Å²) in [7, 11) is 0. The first-order valence-corrected chi connectivity index (χ1v) is 7.01. The summed E-state index contributed by atoms with van der Waals surface area (Å²) in [6.45, 7) is 0.833. The lowest BCUT2D eigenvalue weighted by Gasteiger charge is -2.55. The third-order valence-corrected chi connectivity index (χ3v) is 5.08. The van der Waals surface area contributed by atoms with Crippen LogP contribution in [0, 0.1) is 23.2 Å². The Morgan fingerprint density at radius 3 is 2.28 bits per heavy atom. The maximum atomic E-state index is 12.4. The molecule has 4 rings (SSSR count). The number of azide groups is 1. The summed E-state index contributed by atoms with van der Waals surface area (Å²) >= 11 is 0. The third kappa shape index (κ3) is 1.97. The third-order valence-electron chi connectivity index (χ3n) is 5.08. The lowest BCUT2D eigenvalue weighted by molar-refractivity contribution is -0.146. The molecule has 0 aliphatic heterocycles. The van der Waals surface area contributed by atoms with E-state index in [4.69, 9.17) is 5.53 Å². The van der Waals surface area contributed by atoms with E-state index in [1.54, 1.807) is 0 Å². The van der Waals surface area contributed by atoms with Gasteiger partial charge >= 0.3 is 0 Å². The summed E-state index contributed by atoms with van der Waals surface area (Å²) in [5, 5.41) is 6.43. The molecular formula is C13H20N4O. The maximum absolute atomic E-state index is 12.4. The minimum absolute atomic E-state index is 0.0783. The van der Waals surface area contributed by atoms with Crippen molar-refractivity contribution in [3.05, 3.63) is 10.4 Å². The zero-order valence-electron chi connectivity index (χ0n) is 10.6. The second-order valence-corrected chi connectivity index (χ2v) is 6.41. The minimum Gasteiger partial charge on any atom is -0.355 e. The molecule has 0 unspecified atom stereocenters. The SMILES string of the molecule is [N-]=[N+]=NCCNC(=O)C12CC3CC(CC(C3)C1)C2. The second-order valence-electron chi connectivity index (χ2n) is 6.41. The summed E-state index contributed by atoms with van der Waals surface area (Å²) in [5.41, 5.74) is 8.13. The number of hydrogen-bond acceptors (Lipinski definition) is 2. The summed E-state index contributed by atoms with van der Waals surface area (Å²) in [6, 6.07) is 0. The van der Waals surface area contributed by atoms with Crippen molar-refractivity contribution in [2.24, 2.45) is 28.3 Å². The Bertz CT molecular complexity index is 365. The van der Waals surface area contributed by atoms with Crippen molar-refractivity contribution in [3.8, 4) is 0 Å². The van der Waals surface area contributed by atoms with Gasteiger partial charge in [0.05, 0.1) is 0 Å². The molecule has 5 nitrogen and oxygen atoms in total. The van der Waals surface area contributed by atoms with E-state index in [-0.39, 0.29) is 11.3 Å². The molecule has 1 amide bonds. The predicted octanol–water partition coefficient (Wildman–Crippen LogP) is 2.63. The zero-order valence-corrected chi connectivity index (χ0v) is 10.6. The molecule has 98 valence electrons. The quantitative estimate of drug-likeness (QED) is 0.353. The molecule has 4 aliphatic carbocycles. The van der Waals surface area contributed by atoms with Crippen molar-refractivity contribution in [2.45, 2.75) is 38.5 Å².